The topological polar surface area (TPSA) is 88.4 Å². The number of carboxylic acids is 1. The molecule has 2 unspecified atom stereocenters. The van der Waals surface area contributed by atoms with Crippen molar-refractivity contribution in [1.82, 2.24) is 9.88 Å². The molecule has 1 rings (SSSR count). The van der Waals surface area contributed by atoms with Gasteiger partial charge in [0.05, 0.1) is 0 Å². The van der Waals surface area contributed by atoms with Crippen LogP contribution >= 0.6 is 0 Å². The maximum absolute atomic E-state index is 12.3. The van der Waals surface area contributed by atoms with E-state index in [0.29, 0.717) is 24.8 Å². The molecule has 6 nitrogen and oxygen atoms in total. The van der Waals surface area contributed by atoms with Gasteiger partial charge >= 0.3 is 5.97 Å². The first kappa shape index (κ1) is 16.9. The van der Waals surface area contributed by atoms with E-state index >= 15 is 0 Å². The van der Waals surface area contributed by atoms with Crippen molar-refractivity contribution in [3.8, 4) is 0 Å². The number of pyridine rings is 1. The Kier molecular flexibility index (Phi) is 6.14. The van der Waals surface area contributed by atoms with E-state index in [4.69, 9.17) is 5.11 Å². The fourth-order valence-corrected chi connectivity index (χ4v) is 2.19. The van der Waals surface area contributed by atoms with Crippen LogP contribution in [0.25, 0.3) is 0 Å². The highest BCUT2D eigenvalue weighted by atomic mass is 16.4. The van der Waals surface area contributed by atoms with Crippen molar-refractivity contribution in [3.05, 3.63) is 34.2 Å². The summed E-state index contributed by atoms with van der Waals surface area (Å²) in [6, 6.07) is 1.77. The molecule has 21 heavy (non-hydrogen) atoms. The molecule has 0 saturated carbocycles. The Morgan fingerprint density at radius 2 is 2.05 bits per heavy atom. The molecular weight excluding hydrogens is 272 g/mol. The first-order valence-corrected chi connectivity index (χ1v) is 7.13. The number of rotatable bonds is 7. The van der Waals surface area contributed by atoms with Gasteiger partial charge in [-0.1, -0.05) is 26.3 Å². The molecule has 1 heterocycles. The minimum atomic E-state index is -1.06. The standard InChI is InChI=1S/C15H22N2O4/c1-4-7-11(15(20)21)16-13(18)12(5-2)17-9-6-8-10(3)14(17)19/h6,8-9,11-12H,4-5,7H2,1-3H3,(H,16,18)(H,20,21). The molecule has 0 saturated heterocycles. The number of amides is 1. The molecule has 2 atom stereocenters. The van der Waals surface area contributed by atoms with Crippen LogP contribution in [0.15, 0.2) is 23.1 Å². The monoisotopic (exact) mass is 294 g/mol. The summed E-state index contributed by atoms with van der Waals surface area (Å²) in [7, 11) is 0. The Bertz CT molecular complexity index is 565. The molecular formula is C15H22N2O4. The smallest absolute Gasteiger partial charge is 0.326 e. The zero-order chi connectivity index (χ0) is 16.0. The average Bonchev–Trinajstić information content (AvgIpc) is 2.43. The highest BCUT2D eigenvalue weighted by molar-refractivity contribution is 5.85. The Labute approximate surface area is 123 Å². The van der Waals surface area contributed by atoms with Crippen LogP contribution in [0.1, 0.15) is 44.7 Å². The van der Waals surface area contributed by atoms with E-state index < -0.39 is 24.0 Å². The molecule has 0 fully saturated rings. The maximum atomic E-state index is 12.3. The van der Waals surface area contributed by atoms with Gasteiger partial charge in [0.15, 0.2) is 0 Å². The molecule has 0 aliphatic carbocycles. The van der Waals surface area contributed by atoms with Gasteiger partial charge in [-0.05, 0) is 25.8 Å². The number of carbonyl (C=O) groups excluding carboxylic acids is 1. The van der Waals surface area contributed by atoms with Crippen molar-refractivity contribution in [2.45, 2.75) is 52.1 Å². The van der Waals surface area contributed by atoms with E-state index in [0.717, 1.165) is 0 Å². The number of aliphatic carboxylic acids is 1. The molecule has 0 bridgehead atoms. The van der Waals surface area contributed by atoms with E-state index in [1.807, 2.05) is 6.92 Å². The lowest BCUT2D eigenvalue weighted by Gasteiger charge is -2.21. The van der Waals surface area contributed by atoms with Crippen LogP contribution in [-0.2, 0) is 9.59 Å². The largest absolute Gasteiger partial charge is 0.480 e. The summed E-state index contributed by atoms with van der Waals surface area (Å²) in [5, 5.41) is 11.6. The van der Waals surface area contributed by atoms with Gasteiger partial charge in [0.1, 0.15) is 12.1 Å². The number of aryl methyl sites for hydroxylation is 1. The van der Waals surface area contributed by atoms with E-state index in [9.17, 15) is 14.4 Å². The van der Waals surface area contributed by atoms with Crippen LogP contribution in [0.3, 0.4) is 0 Å². The first-order chi connectivity index (χ1) is 9.92. The van der Waals surface area contributed by atoms with Crippen molar-refractivity contribution in [2.24, 2.45) is 0 Å². The lowest BCUT2D eigenvalue weighted by Crippen LogP contribution is -2.45. The number of nitrogens with one attached hydrogen (secondary N) is 1. The van der Waals surface area contributed by atoms with E-state index in [2.05, 4.69) is 5.32 Å². The van der Waals surface area contributed by atoms with Crippen molar-refractivity contribution in [2.75, 3.05) is 0 Å². The molecule has 0 spiro atoms. The van der Waals surface area contributed by atoms with Gasteiger partial charge in [-0.2, -0.15) is 0 Å². The zero-order valence-corrected chi connectivity index (χ0v) is 12.6. The molecule has 0 aromatic carbocycles. The molecule has 6 heteroatoms. The fourth-order valence-electron chi connectivity index (χ4n) is 2.19. The number of hydrogen-bond acceptors (Lipinski definition) is 3. The van der Waals surface area contributed by atoms with E-state index in [1.54, 1.807) is 32.2 Å². The lowest BCUT2D eigenvalue weighted by molar-refractivity contribution is -0.142. The average molecular weight is 294 g/mol. The molecule has 1 amide bonds. The van der Waals surface area contributed by atoms with Gasteiger partial charge in [-0.3, -0.25) is 9.59 Å². The van der Waals surface area contributed by atoms with Crippen LogP contribution in [0.4, 0.5) is 0 Å². The predicted octanol–water partition coefficient (Wildman–Crippen LogP) is 1.48. The third kappa shape index (κ3) is 4.18. The number of hydrogen-bond donors (Lipinski definition) is 2. The van der Waals surface area contributed by atoms with Crippen LogP contribution in [0.2, 0.25) is 0 Å². The van der Waals surface area contributed by atoms with Crippen LogP contribution in [0.5, 0.6) is 0 Å². The molecule has 1 aromatic heterocycles. The SMILES string of the molecule is CCCC(NC(=O)C(CC)n1cccc(C)c1=O)C(=O)O. The summed E-state index contributed by atoms with van der Waals surface area (Å²) in [4.78, 5) is 35.5. The summed E-state index contributed by atoms with van der Waals surface area (Å²) in [5.41, 5.74) is 0.314. The van der Waals surface area contributed by atoms with Gasteiger partial charge in [-0.25, -0.2) is 4.79 Å². The molecule has 1 aromatic rings. The van der Waals surface area contributed by atoms with Gasteiger partial charge in [0.2, 0.25) is 5.91 Å². The summed E-state index contributed by atoms with van der Waals surface area (Å²) >= 11 is 0. The quantitative estimate of drug-likeness (QED) is 0.797. The number of aromatic nitrogens is 1. The Morgan fingerprint density at radius 3 is 2.57 bits per heavy atom. The Hall–Kier alpha value is -2.11. The van der Waals surface area contributed by atoms with Crippen molar-refractivity contribution in [1.29, 1.82) is 0 Å². The van der Waals surface area contributed by atoms with Gasteiger partial charge in [0.25, 0.3) is 5.56 Å². The Balaban J connectivity index is 2.99. The summed E-state index contributed by atoms with van der Waals surface area (Å²) in [5.74, 6) is -1.50. The van der Waals surface area contributed by atoms with Crippen LogP contribution in [-0.4, -0.2) is 27.6 Å². The predicted molar refractivity (Wildman–Crippen MR) is 79.2 cm³/mol. The minimum Gasteiger partial charge on any atom is -0.480 e. The van der Waals surface area contributed by atoms with E-state index in [1.165, 1.54) is 4.57 Å². The fraction of sp³-hybridized carbons (Fsp3) is 0.533. The van der Waals surface area contributed by atoms with Crippen LogP contribution in [0, 0.1) is 6.92 Å². The van der Waals surface area contributed by atoms with Gasteiger partial charge in [-0.15, -0.1) is 0 Å². The van der Waals surface area contributed by atoms with Gasteiger partial charge < -0.3 is 15.0 Å². The third-order valence-corrected chi connectivity index (χ3v) is 3.38. The minimum absolute atomic E-state index is 0.234. The van der Waals surface area contributed by atoms with Gasteiger partial charge in [0, 0.05) is 11.8 Å². The molecule has 0 aliphatic heterocycles. The molecule has 0 aliphatic rings. The van der Waals surface area contributed by atoms with Crippen molar-refractivity contribution in [3.63, 3.8) is 0 Å². The molecule has 2 N–H and O–H groups in total. The summed E-state index contributed by atoms with van der Waals surface area (Å²) in [6.45, 7) is 5.32. The number of nitrogens with zero attached hydrogens (tertiary/aromatic N) is 1. The van der Waals surface area contributed by atoms with Crippen LogP contribution < -0.4 is 10.9 Å². The molecule has 0 radical (unpaired) electrons. The highest BCUT2D eigenvalue weighted by Crippen LogP contribution is 2.10. The van der Waals surface area contributed by atoms with Crippen molar-refractivity contribution >= 4 is 11.9 Å². The number of carbonyl (C=O) groups is 2. The summed E-state index contributed by atoms with van der Waals surface area (Å²) < 4.78 is 1.36. The second-order valence-corrected chi connectivity index (χ2v) is 5.02. The van der Waals surface area contributed by atoms with E-state index in [-0.39, 0.29) is 5.56 Å². The number of carboxylic acid groups (broad SMARTS) is 1. The normalized spacial score (nSPS) is 13.5. The van der Waals surface area contributed by atoms with Crippen molar-refractivity contribution < 1.29 is 14.7 Å². The maximum Gasteiger partial charge on any atom is 0.326 e. The molecule has 116 valence electrons. The summed E-state index contributed by atoms with van der Waals surface area (Å²) in [6.07, 6.45) is 2.98. The Morgan fingerprint density at radius 1 is 1.38 bits per heavy atom. The second-order valence-electron chi connectivity index (χ2n) is 5.02. The second kappa shape index (κ2) is 7.61. The first-order valence-electron chi connectivity index (χ1n) is 7.13. The third-order valence-electron chi connectivity index (χ3n) is 3.38. The lowest BCUT2D eigenvalue weighted by atomic mass is 10.1. The zero-order valence-electron chi connectivity index (χ0n) is 12.6. The highest BCUT2D eigenvalue weighted by Gasteiger charge is 2.25.